The minimum absolute atomic E-state index is 0.0503. The number of pyridine rings is 1. The Morgan fingerprint density at radius 3 is 2.49 bits per heavy atom. The number of hydrogen-bond donors (Lipinski definition) is 1. The van der Waals surface area contributed by atoms with E-state index in [4.69, 9.17) is 35.5 Å². The van der Waals surface area contributed by atoms with Gasteiger partial charge in [-0.25, -0.2) is 4.98 Å². The van der Waals surface area contributed by atoms with E-state index in [9.17, 15) is 0 Å². The summed E-state index contributed by atoms with van der Waals surface area (Å²) in [7, 11) is 4.06. The number of halogens is 1. The van der Waals surface area contributed by atoms with Gasteiger partial charge in [-0.2, -0.15) is 4.98 Å². The van der Waals surface area contributed by atoms with Crippen molar-refractivity contribution in [3.05, 3.63) is 59.6 Å². The van der Waals surface area contributed by atoms with Crippen molar-refractivity contribution in [1.82, 2.24) is 19.9 Å². The van der Waals surface area contributed by atoms with Gasteiger partial charge in [0.1, 0.15) is 18.5 Å². The van der Waals surface area contributed by atoms with Gasteiger partial charge in [0.15, 0.2) is 11.8 Å². The fourth-order valence-corrected chi connectivity index (χ4v) is 5.00. The van der Waals surface area contributed by atoms with Gasteiger partial charge in [-0.1, -0.05) is 48.0 Å². The van der Waals surface area contributed by atoms with Gasteiger partial charge in [0.2, 0.25) is 0 Å². The van der Waals surface area contributed by atoms with Crippen molar-refractivity contribution < 1.29 is 18.9 Å². The number of likely N-dealkylation sites (N-methyl/N-ethyl adjacent to an activating group) is 1. The normalized spacial score (nSPS) is 21.0. The quantitative estimate of drug-likeness (QED) is 0.356. The topological polar surface area (TPSA) is 81.7 Å². The highest BCUT2D eigenvalue weighted by molar-refractivity contribution is 6.33. The lowest BCUT2D eigenvalue weighted by Crippen LogP contribution is -2.32. The number of rotatable bonds is 8. The Morgan fingerprint density at radius 1 is 1.00 bits per heavy atom. The largest absolute Gasteiger partial charge is 0.492 e. The predicted octanol–water partition coefficient (Wildman–Crippen LogP) is 4.82. The maximum atomic E-state index is 6.62. The van der Waals surface area contributed by atoms with Gasteiger partial charge in [0.25, 0.3) is 6.01 Å². The Balaban J connectivity index is 1.16. The van der Waals surface area contributed by atoms with E-state index in [-0.39, 0.29) is 18.3 Å². The fourth-order valence-electron chi connectivity index (χ4n) is 4.74. The molecule has 0 aliphatic carbocycles. The molecular weight excluding hydrogens is 492 g/mol. The van der Waals surface area contributed by atoms with E-state index in [0.29, 0.717) is 42.2 Å². The van der Waals surface area contributed by atoms with Gasteiger partial charge < -0.3 is 28.8 Å². The summed E-state index contributed by atoms with van der Waals surface area (Å²) in [6.45, 7) is 2.73. The Bertz CT molecular complexity index is 1370. The first-order valence-corrected chi connectivity index (χ1v) is 12.9. The summed E-state index contributed by atoms with van der Waals surface area (Å²) >= 11 is 6.62. The van der Waals surface area contributed by atoms with Crippen LogP contribution in [0.15, 0.2) is 54.6 Å². The third-order valence-corrected chi connectivity index (χ3v) is 7.03. The van der Waals surface area contributed by atoms with Crippen LogP contribution < -0.4 is 9.47 Å². The van der Waals surface area contributed by atoms with Gasteiger partial charge in [0, 0.05) is 18.7 Å². The molecule has 0 bridgehead atoms. The van der Waals surface area contributed by atoms with Gasteiger partial charge in [-0.3, -0.25) is 0 Å². The molecule has 192 valence electrons. The summed E-state index contributed by atoms with van der Waals surface area (Å²) in [5.41, 5.74) is 5.06. The summed E-state index contributed by atoms with van der Waals surface area (Å²) in [6.07, 6.45) is 0.775. The van der Waals surface area contributed by atoms with E-state index < -0.39 is 0 Å². The van der Waals surface area contributed by atoms with Crippen molar-refractivity contribution in [2.24, 2.45) is 0 Å². The number of H-pyrrole nitrogens is 1. The first kappa shape index (κ1) is 24.2. The lowest BCUT2D eigenvalue weighted by atomic mass is 10.0. The third-order valence-electron chi connectivity index (χ3n) is 6.74. The molecule has 6 rings (SSSR count). The van der Waals surface area contributed by atoms with Gasteiger partial charge in [-0.15, -0.1) is 0 Å². The molecule has 2 saturated heterocycles. The lowest BCUT2D eigenvalue weighted by Gasteiger charge is -2.15. The highest BCUT2D eigenvalue weighted by Crippen LogP contribution is 2.33. The van der Waals surface area contributed by atoms with E-state index in [1.54, 1.807) is 0 Å². The zero-order chi connectivity index (χ0) is 25.4. The summed E-state index contributed by atoms with van der Waals surface area (Å²) in [4.78, 5) is 14.5. The first-order valence-electron chi connectivity index (χ1n) is 12.5. The SMILES string of the molecule is CN(C)CCOc1ccc(-c2ccc(-c3nc4nc(O[C@@H]5COC6CCOC65)[nH]c4cc3Cl)cc2)cc1. The monoisotopic (exact) mass is 520 g/mol. The standard InChI is InChI=1S/C28H29ClN4O4/c1-33(2)12-14-34-20-9-7-18(8-10-20)17-3-5-19(6-4-17)25-21(29)15-22-27(31-25)32-28(30-22)37-24-16-36-23-11-13-35-26(23)24/h3-10,15,23-24,26H,11-14,16H2,1-2H3,(H,30,31,32)/t23?,24-,26?/m1/s1. The molecule has 1 N–H and O–H groups in total. The number of ether oxygens (including phenoxy) is 4. The third kappa shape index (κ3) is 5.15. The number of nitrogens with one attached hydrogen (secondary N) is 1. The van der Waals surface area contributed by atoms with E-state index >= 15 is 0 Å². The molecule has 8 nitrogen and oxygen atoms in total. The molecule has 2 aliphatic heterocycles. The Hall–Kier alpha value is -3.17. The van der Waals surface area contributed by atoms with Crippen LogP contribution in [0.3, 0.4) is 0 Å². The molecule has 2 aromatic heterocycles. The molecule has 0 radical (unpaired) electrons. The summed E-state index contributed by atoms with van der Waals surface area (Å²) in [5, 5.41) is 0.540. The molecule has 37 heavy (non-hydrogen) atoms. The van der Waals surface area contributed by atoms with Crippen molar-refractivity contribution in [2.45, 2.75) is 24.7 Å². The summed E-state index contributed by atoms with van der Waals surface area (Å²) in [6, 6.07) is 18.5. The molecular formula is C28H29ClN4O4. The van der Waals surface area contributed by atoms with E-state index in [2.05, 4.69) is 39.1 Å². The van der Waals surface area contributed by atoms with Crippen LogP contribution in [0.25, 0.3) is 33.5 Å². The molecule has 4 heterocycles. The molecule has 0 spiro atoms. The smallest absolute Gasteiger partial charge is 0.296 e. The van der Waals surface area contributed by atoms with E-state index in [1.807, 2.05) is 44.4 Å². The molecule has 2 aromatic carbocycles. The summed E-state index contributed by atoms with van der Waals surface area (Å²) in [5.74, 6) is 0.866. The average Bonchev–Trinajstić information content (AvgIpc) is 3.61. The molecule has 2 aliphatic rings. The second-order valence-corrected chi connectivity index (χ2v) is 10.0. The molecule has 3 atom stereocenters. The number of aromatic nitrogens is 3. The molecule has 2 fully saturated rings. The van der Waals surface area contributed by atoms with Crippen LogP contribution in [-0.4, -0.2) is 78.6 Å². The van der Waals surface area contributed by atoms with Crippen LogP contribution in [0.4, 0.5) is 0 Å². The Morgan fingerprint density at radius 2 is 1.73 bits per heavy atom. The zero-order valence-electron chi connectivity index (χ0n) is 20.8. The first-order chi connectivity index (χ1) is 18.0. The number of nitrogens with zero attached hydrogens (tertiary/aromatic N) is 3. The van der Waals surface area contributed by atoms with E-state index in [0.717, 1.165) is 40.9 Å². The molecule has 4 aromatic rings. The molecule has 0 saturated carbocycles. The number of imidazole rings is 1. The number of fused-ring (bicyclic) bond motifs is 2. The fraction of sp³-hybridized carbons (Fsp3) is 0.357. The van der Waals surface area contributed by atoms with Crippen LogP contribution in [0, 0.1) is 0 Å². The van der Waals surface area contributed by atoms with Crippen molar-refractivity contribution in [2.75, 3.05) is 40.5 Å². The van der Waals surface area contributed by atoms with Crippen molar-refractivity contribution in [3.8, 4) is 34.1 Å². The Labute approximate surface area is 220 Å². The average molecular weight is 521 g/mol. The maximum Gasteiger partial charge on any atom is 0.296 e. The van der Waals surface area contributed by atoms with Crippen LogP contribution in [-0.2, 0) is 9.47 Å². The highest BCUT2D eigenvalue weighted by Gasteiger charge is 2.43. The Kier molecular flexibility index (Phi) is 6.73. The summed E-state index contributed by atoms with van der Waals surface area (Å²) < 4.78 is 23.4. The van der Waals surface area contributed by atoms with Crippen LogP contribution in [0.1, 0.15) is 6.42 Å². The second-order valence-electron chi connectivity index (χ2n) is 9.64. The zero-order valence-corrected chi connectivity index (χ0v) is 21.6. The number of benzene rings is 2. The van der Waals surface area contributed by atoms with E-state index in [1.165, 1.54) is 0 Å². The second kappa shape index (κ2) is 10.3. The van der Waals surface area contributed by atoms with Crippen molar-refractivity contribution in [3.63, 3.8) is 0 Å². The van der Waals surface area contributed by atoms with Crippen molar-refractivity contribution >= 4 is 22.8 Å². The van der Waals surface area contributed by atoms with Crippen LogP contribution in [0.2, 0.25) is 5.02 Å². The van der Waals surface area contributed by atoms with Gasteiger partial charge >= 0.3 is 0 Å². The minimum atomic E-state index is -0.186. The maximum absolute atomic E-state index is 6.62. The molecule has 9 heteroatoms. The lowest BCUT2D eigenvalue weighted by molar-refractivity contribution is 0.0273. The van der Waals surface area contributed by atoms with Gasteiger partial charge in [-0.05, 0) is 49.8 Å². The highest BCUT2D eigenvalue weighted by atomic mass is 35.5. The van der Waals surface area contributed by atoms with Crippen LogP contribution in [0.5, 0.6) is 11.8 Å². The molecule has 2 unspecified atom stereocenters. The molecule has 0 amide bonds. The number of hydrogen-bond acceptors (Lipinski definition) is 7. The minimum Gasteiger partial charge on any atom is -0.492 e. The van der Waals surface area contributed by atoms with Gasteiger partial charge in [0.05, 0.1) is 28.9 Å². The van der Waals surface area contributed by atoms with Crippen LogP contribution >= 0.6 is 11.6 Å². The predicted molar refractivity (Wildman–Crippen MR) is 142 cm³/mol. The number of aromatic amines is 1. The van der Waals surface area contributed by atoms with Crippen molar-refractivity contribution in [1.29, 1.82) is 0 Å².